The van der Waals surface area contributed by atoms with Gasteiger partial charge in [0.25, 0.3) is 0 Å². The van der Waals surface area contributed by atoms with Gasteiger partial charge in [0, 0.05) is 5.41 Å². The molecule has 0 aliphatic carbocycles. The lowest BCUT2D eigenvalue weighted by molar-refractivity contribution is 0.287. The number of hydrogen-bond acceptors (Lipinski definition) is 3. The van der Waals surface area contributed by atoms with E-state index in [1.807, 2.05) is 20.8 Å². The minimum Gasteiger partial charge on any atom is -0.492 e. The van der Waals surface area contributed by atoms with Crippen molar-refractivity contribution in [3.05, 3.63) is 5.69 Å². The maximum Gasteiger partial charge on any atom is 0.234 e. The fraction of sp³-hybridized carbons (Fsp3) is 0.818. The van der Waals surface area contributed by atoms with Crippen LogP contribution in [-0.4, -0.2) is 20.1 Å². The number of nitrogens with zero attached hydrogens (tertiary/aromatic N) is 3. The molecule has 0 amide bonds. The van der Waals surface area contributed by atoms with Crippen molar-refractivity contribution in [2.45, 2.75) is 58.9 Å². The van der Waals surface area contributed by atoms with Crippen molar-refractivity contribution in [1.29, 1.82) is 0 Å². The Hall–Kier alpha value is -1.06. The summed E-state index contributed by atoms with van der Waals surface area (Å²) >= 11 is 0. The first-order valence-electron chi connectivity index (χ1n) is 5.36. The summed E-state index contributed by atoms with van der Waals surface area (Å²) in [5.74, 6) is 0.189. The van der Waals surface area contributed by atoms with Gasteiger partial charge in [0.15, 0.2) is 0 Å². The molecule has 86 valence electrons. The van der Waals surface area contributed by atoms with Gasteiger partial charge < -0.3 is 5.11 Å². The summed E-state index contributed by atoms with van der Waals surface area (Å²) in [4.78, 5) is 0. The van der Waals surface area contributed by atoms with Gasteiger partial charge in [-0.25, -0.2) is 4.68 Å². The Bertz CT molecular complexity index is 347. The van der Waals surface area contributed by atoms with Gasteiger partial charge in [-0.3, -0.25) is 0 Å². The summed E-state index contributed by atoms with van der Waals surface area (Å²) in [6.45, 7) is 12.2. The van der Waals surface area contributed by atoms with Crippen molar-refractivity contribution in [3.8, 4) is 5.88 Å². The molecule has 1 rings (SSSR count). The molecule has 4 nitrogen and oxygen atoms in total. The molecule has 0 aromatic carbocycles. The Morgan fingerprint density at radius 1 is 1.20 bits per heavy atom. The topological polar surface area (TPSA) is 50.9 Å². The SMILES string of the molecule is CCC(C)(C)c1nnn(C(C)(C)C)c1O. The second-order valence-corrected chi connectivity index (χ2v) is 5.58. The Morgan fingerprint density at radius 2 is 1.73 bits per heavy atom. The third-order valence-electron chi connectivity index (χ3n) is 2.81. The maximum absolute atomic E-state index is 10.1. The second kappa shape index (κ2) is 3.51. The minimum atomic E-state index is -0.237. The Labute approximate surface area is 91.3 Å². The average Bonchev–Trinajstić information content (AvgIpc) is 2.46. The highest BCUT2D eigenvalue weighted by Gasteiger charge is 2.30. The molecule has 4 heteroatoms. The van der Waals surface area contributed by atoms with Gasteiger partial charge in [-0.15, -0.1) is 5.10 Å². The van der Waals surface area contributed by atoms with Gasteiger partial charge in [-0.2, -0.15) is 0 Å². The molecule has 0 atom stereocenters. The Morgan fingerprint density at radius 3 is 2.07 bits per heavy atom. The summed E-state index contributed by atoms with van der Waals surface area (Å²) in [6, 6.07) is 0. The summed E-state index contributed by atoms with van der Waals surface area (Å²) in [5, 5.41) is 18.2. The number of hydrogen-bond donors (Lipinski definition) is 1. The van der Waals surface area contributed by atoms with E-state index < -0.39 is 0 Å². The summed E-state index contributed by atoms with van der Waals surface area (Å²) in [5.41, 5.74) is 0.312. The fourth-order valence-electron chi connectivity index (χ4n) is 1.33. The largest absolute Gasteiger partial charge is 0.492 e. The number of aromatic nitrogens is 3. The minimum absolute atomic E-state index is 0.131. The third-order valence-corrected chi connectivity index (χ3v) is 2.81. The zero-order chi connectivity index (χ0) is 11.9. The highest BCUT2D eigenvalue weighted by molar-refractivity contribution is 5.24. The van der Waals surface area contributed by atoms with Crippen LogP contribution in [0.3, 0.4) is 0 Å². The Balaban J connectivity index is 3.22. The normalized spacial score (nSPS) is 13.2. The first-order valence-corrected chi connectivity index (χ1v) is 5.36. The van der Waals surface area contributed by atoms with Crippen molar-refractivity contribution < 1.29 is 5.11 Å². The van der Waals surface area contributed by atoms with Crippen LogP contribution in [-0.2, 0) is 11.0 Å². The highest BCUT2D eigenvalue weighted by atomic mass is 16.3. The van der Waals surface area contributed by atoms with Crippen molar-refractivity contribution in [1.82, 2.24) is 15.0 Å². The van der Waals surface area contributed by atoms with E-state index in [2.05, 4.69) is 31.1 Å². The summed E-state index contributed by atoms with van der Waals surface area (Å²) in [7, 11) is 0. The molecular weight excluding hydrogens is 190 g/mol. The van der Waals surface area contributed by atoms with Crippen LogP contribution >= 0.6 is 0 Å². The van der Waals surface area contributed by atoms with Crippen molar-refractivity contribution >= 4 is 0 Å². The molecule has 1 N–H and O–H groups in total. The molecule has 1 aromatic heterocycles. The molecule has 0 saturated heterocycles. The van der Waals surface area contributed by atoms with Gasteiger partial charge in [0.05, 0.1) is 5.54 Å². The van der Waals surface area contributed by atoms with Crippen LogP contribution in [0.1, 0.15) is 53.7 Å². The van der Waals surface area contributed by atoms with E-state index >= 15 is 0 Å². The van der Waals surface area contributed by atoms with E-state index in [9.17, 15) is 5.11 Å². The van der Waals surface area contributed by atoms with Gasteiger partial charge in [-0.05, 0) is 27.2 Å². The van der Waals surface area contributed by atoms with Crippen LogP contribution in [0.25, 0.3) is 0 Å². The van der Waals surface area contributed by atoms with E-state index in [0.717, 1.165) is 6.42 Å². The van der Waals surface area contributed by atoms with Crippen LogP contribution in [0.2, 0.25) is 0 Å². The predicted molar refractivity (Wildman–Crippen MR) is 60.0 cm³/mol. The molecule has 0 saturated carbocycles. The first kappa shape index (κ1) is 12.0. The van der Waals surface area contributed by atoms with E-state index in [4.69, 9.17) is 0 Å². The molecule has 0 spiro atoms. The highest BCUT2D eigenvalue weighted by Crippen LogP contribution is 2.33. The van der Waals surface area contributed by atoms with Gasteiger partial charge in [-0.1, -0.05) is 26.0 Å². The van der Waals surface area contributed by atoms with Crippen molar-refractivity contribution in [2.75, 3.05) is 0 Å². The quantitative estimate of drug-likeness (QED) is 0.817. The van der Waals surface area contributed by atoms with Crippen LogP contribution in [0.4, 0.5) is 0 Å². The average molecular weight is 211 g/mol. The lowest BCUT2D eigenvalue weighted by Crippen LogP contribution is -2.23. The zero-order valence-electron chi connectivity index (χ0n) is 10.5. The lowest BCUT2D eigenvalue weighted by atomic mass is 9.86. The summed E-state index contributed by atoms with van der Waals surface area (Å²) in [6.07, 6.45) is 0.920. The van der Waals surface area contributed by atoms with Crippen molar-refractivity contribution in [3.63, 3.8) is 0 Å². The molecule has 0 aliphatic heterocycles. The zero-order valence-corrected chi connectivity index (χ0v) is 10.5. The van der Waals surface area contributed by atoms with Crippen LogP contribution in [0, 0.1) is 0 Å². The lowest BCUT2D eigenvalue weighted by Gasteiger charge is -2.22. The van der Waals surface area contributed by atoms with E-state index in [1.165, 1.54) is 0 Å². The van der Waals surface area contributed by atoms with E-state index in [0.29, 0.717) is 5.69 Å². The molecule has 1 aromatic rings. The Kier molecular flexibility index (Phi) is 2.81. The molecule has 0 aliphatic rings. The van der Waals surface area contributed by atoms with Gasteiger partial charge >= 0.3 is 0 Å². The fourth-order valence-corrected chi connectivity index (χ4v) is 1.33. The van der Waals surface area contributed by atoms with Crippen molar-refractivity contribution in [2.24, 2.45) is 0 Å². The van der Waals surface area contributed by atoms with E-state index in [1.54, 1.807) is 4.68 Å². The molecule has 0 fully saturated rings. The number of rotatable bonds is 2. The smallest absolute Gasteiger partial charge is 0.234 e. The third kappa shape index (κ3) is 2.13. The standard InChI is InChI=1S/C11H21N3O/c1-7-11(5,6)8-9(15)14(13-12-8)10(2,3)4/h15H,7H2,1-6H3. The van der Waals surface area contributed by atoms with Crippen LogP contribution in [0.15, 0.2) is 0 Å². The molecule has 15 heavy (non-hydrogen) atoms. The molecular formula is C11H21N3O. The predicted octanol–water partition coefficient (Wildman–Crippen LogP) is 2.43. The second-order valence-electron chi connectivity index (χ2n) is 5.58. The molecule has 0 unspecified atom stereocenters. The van der Waals surface area contributed by atoms with Crippen LogP contribution in [0.5, 0.6) is 5.88 Å². The van der Waals surface area contributed by atoms with E-state index in [-0.39, 0.29) is 16.8 Å². The van der Waals surface area contributed by atoms with Gasteiger partial charge in [0.2, 0.25) is 5.88 Å². The first-order chi connectivity index (χ1) is 6.70. The van der Waals surface area contributed by atoms with Gasteiger partial charge in [0.1, 0.15) is 5.69 Å². The summed E-state index contributed by atoms with van der Waals surface area (Å²) < 4.78 is 1.57. The number of aromatic hydroxyl groups is 1. The molecule has 0 bridgehead atoms. The molecule has 0 radical (unpaired) electrons. The van der Waals surface area contributed by atoms with Crippen LogP contribution < -0.4 is 0 Å². The monoisotopic (exact) mass is 211 g/mol. The maximum atomic E-state index is 10.1. The molecule has 1 heterocycles.